The molecule has 0 aliphatic carbocycles. The molecule has 0 atom stereocenters. The molecule has 0 bridgehead atoms. The summed E-state index contributed by atoms with van der Waals surface area (Å²) in [6.07, 6.45) is 3.09. The number of aromatic amines is 1. The molecular formula is C12H14N4O. The predicted molar refractivity (Wildman–Crippen MR) is 65.2 cm³/mol. The van der Waals surface area contributed by atoms with E-state index in [2.05, 4.69) is 10.2 Å². The number of nitrogens with two attached hydrogens (primary N) is 1. The van der Waals surface area contributed by atoms with Gasteiger partial charge < -0.3 is 10.6 Å². The Labute approximate surface area is 99.2 Å². The fourth-order valence-electron chi connectivity index (χ4n) is 1.63. The molecule has 0 spiro atoms. The van der Waals surface area contributed by atoms with E-state index in [4.69, 9.17) is 5.73 Å². The topological polar surface area (TPSA) is 75.0 Å². The highest BCUT2D eigenvalue weighted by Crippen LogP contribution is 2.10. The molecule has 0 saturated carbocycles. The number of nitrogen functional groups attached to an aromatic ring is 1. The Morgan fingerprint density at radius 3 is 3.00 bits per heavy atom. The van der Waals surface area contributed by atoms with Crippen molar-refractivity contribution >= 4 is 11.6 Å². The minimum Gasteiger partial charge on any atom is -0.399 e. The summed E-state index contributed by atoms with van der Waals surface area (Å²) in [6, 6.07) is 7.50. The second kappa shape index (κ2) is 4.69. The minimum absolute atomic E-state index is 0.0684. The van der Waals surface area contributed by atoms with E-state index < -0.39 is 0 Å². The molecule has 0 fully saturated rings. The lowest BCUT2D eigenvalue weighted by Gasteiger charge is -2.16. The van der Waals surface area contributed by atoms with Crippen LogP contribution in [0.15, 0.2) is 36.7 Å². The second-order valence-corrected chi connectivity index (χ2v) is 3.89. The molecule has 1 amide bonds. The highest BCUT2D eigenvalue weighted by molar-refractivity contribution is 5.93. The van der Waals surface area contributed by atoms with Crippen LogP contribution < -0.4 is 5.73 Å². The van der Waals surface area contributed by atoms with E-state index >= 15 is 0 Å². The van der Waals surface area contributed by atoms with Gasteiger partial charge in [0.1, 0.15) is 0 Å². The number of hydrogen-bond acceptors (Lipinski definition) is 3. The van der Waals surface area contributed by atoms with Crippen LogP contribution in [0.2, 0.25) is 0 Å². The van der Waals surface area contributed by atoms with Gasteiger partial charge in [-0.15, -0.1) is 0 Å². The van der Waals surface area contributed by atoms with Gasteiger partial charge in [-0.1, -0.05) is 12.1 Å². The molecule has 1 heterocycles. The molecule has 0 saturated heterocycles. The van der Waals surface area contributed by atoms with E-state index in [0.29, 0.717) is 17.8 Å². The summed E-state index contributed by atoms with van der Waals surface area (Å²) in [5.74, 6) is -0.0684. The van der Waals surface area contributed by atoms with Crippen LogP contribution in [0.25, 0.3) is 0 Å². The standard InChI is InChI=1S/C12H14N4O/c1-16(12(17)10-6-14-15-7-10)8-9-3-2-4-11(13)5-9/h2-7H,8,13H2,1H3,(H,14,15). The quantitative estimate of drug-likeness (QED) is 0.779. The van der Waals surface area contributed by atoms with Crippen LogP contribution >= 0.6 is 0 Å². The van der Waals surface area contributed by atoms with Crippen molar-refractivity contribution in [2.75, 3.05) is 12.8 Å². The number of amides is 1. The van der Waals surface area contributed by atoms with Crippen molar-refractivity contribution in [1.29, 1.82) is 0 Å². The molecule has 0 unspecified atom stereocenters. The lowest BCUT2D eigenvalue weighted by molar-refractivity contribution is 0.0785. The average Bonchev–Trinajstić information content (AvgIpc) is 2.81. The van der Waals surface area contributed by atoms with E-state index in [1.165, 1.54) is 6.20 Å². The molecule has 1 aromatic carbocycles. The van der Waals surface area contributed by atoms with Crippen molar-refractivity contribution in [1.82, 2.24) is 15.1 Å². The van der Waals surface area contributed by atoms with Gasteiger partial charge in [0.2, 0.25) is 0 Å². The Balaban J connectivity index is 2.07. The van der Waals surface area contributed by atoms with Crippen molar-refractivity contribution in [3.8, 4) is 0 Å². The van der Waals surface area contributed by atoms with Crippen LogP contribution in [0.1, 0.15) is 15.9 Å². The number of rotatable bonds is 3. The zero-order valence-electron chi connectivity index (χ0n) is 9.55. The summed E-state index contributed by atoms with van der Waals surface area (Å²) < 4.78 is 0. The molecule has 5 nitrogen and oxygen atoms in total. The summed E-state index contributed by atoms with van der Waals surface area (Å²) in [4.78, 5) is 13.6. The van der Waals surface area contributed by atoms with E-state index in [1.54, 1.807) is 18.1 Å². The number of anilines is 1. The van der Waals surface area contributed by atoms with Gasteiger partial charge in [-0.05, 0) is 17.7 Å². The predicted octanol–water partition coefficient (Wildman–Crippen LogP) is 1.26. The van der Waals surface area contributed by atoms with Crippen molar-refractivity contribution in [3.63, 3.8) is 0 Å². The Hall–Kier alpha value is -2.30. The molecule has 88 valence electrons. The van der Waals surface area contributed by atoms with Gasteiger partial charge >= 0.3 is 0 Å². The molecule has 0 aliphatic rings. The van der Waals surface area contributed by atoms with Crippen LogP contribution in [0.5, 0.6) is 0 Å². The fourth-order valence-corrected chi connectivity index (χ4v) is 1.63. The third-order valence-corrected chi connectivity index (χ3v) is 2.46. The third-order valence-electron chi connectivity index (χ3n) is 2.46. The van der Waals surface area contributed by atoms with E-state index in [0.717, 1.165) is 5.56 Å². The number of nitrogens with one attached hydrogen (secondary N) is 1. The van der Waals surface area contributed by atoms with Gasteiger partial charge in [0.25, 0.3) is 5.91 Å². The van der Waals surface area contributed by atoms with Crippen molar-refractivity contribution in [2.24, 2.45) is 0 Å². The molecule has 2 rings (SSSR count). The normalized spacial score (nSPS) is 10.2. The van der Waals surface area contributed by atoms with Crippen molar-refractivity contribution in [2.45, 2.75) is 6.54 Å². The van der Waals surface area contributed by atoms with Crippen LogP contribution in [-0.2, 0) is 6.54 Å². The number of carbonyl (C=O) groups excluding carboxylic acids is 1. The fraction of sp³-hybridized carbons (Fsp3) is 0.167. The van der Waals surface area contributed by atoms with Crippen LogP contribution in [0.3, 0.4) is 0 Å². The van der Waals surface area contributed by atoms with Gasteiger partial charge in [0.15, 0.2) is 0 Å². The third kappa shape index (κ3) is 2.63. The van der Waals surface area contributed by atoms with Crippen LogP contribution in [-0.4, -0.2) is 28.1 Å². The van der Waals surface area contributed by atoms with E-state index in [9.17, 15) is 4.79 Å². The monoisotopic (exact) mass is 230 g/mol. The average molecular weight is 230 g/mol. The maximum atomic E-state index is 11.9. The molecular weight excluding hydrogens is 216 g/mol. The number of aromatic nitrogens is 2. The Morgan fingerprint density at radius 2 is 2.35 bits per heavy atom. The number of nitrogens with zero attached hydrogens (tertiary/aromatic N) is 2. The van der Waals surface area contributed by atoms with Crippen LogP contribution in [0.4, 0.5) is 5.69 Å². The van der Waals surface area contributed by atoms with Crippen LogP contribution in [0, 0.1) is 0 Å². The molecule has 2 aromatic rings. The van der Waals surface area contributed by atoms with Crippen molar-refractivity contribution < 1.29 is 4.79 Å². The first kappa shape index (κ1) is 11.2. The summed E-state index contributed by atoms with van der Waals surface area (Å²) in [5.41, 5.74) is 7.94. The van der Waals surface area contributed by atoms with Gasteiger partial charge in [0, 0.05) is 25.5 Å². The molecule has 5 heteroatoms. The second-order valence-electron chi connectivity index (χ2n) is 3.89. The highest BCUT2D eigenvalue weighted by atomic mass is 16.2. The summed E-state index contributed by atoms with van der Waals surface area (Å²) in [6.45, 7) is 0.523. The molecule has 3 N–H and O–H groups in total. The largest absolute Gasteiger partial charge is 0.399 e. The minimum atomic E-state index is -0.0684. The SMILES string of the molecule is CN(Cc1cccc(N)c1)C(=O)c1cn[nH]c1. The maximum Gasteiger partial charge on any atom is 0.257 e. The van der Waals surface area contributed by atoms with Gasteiger partial charge in [0.05, 0.1) is 11.8 Å². The first-order valence-electron chi connectivity index (χ1n) is 5.25. The summed E-state index contributed by atoms with van der Waals surface area (Å²) in [5, 5.41) is 6.38. The Kier molecular flexibility index (Phi) is 3.09. The first-order valence-corrected chi connectivity index (χ1v) is 5.25. The lowest BCUT2D eigenvalue weighted by atomic mass is 10.2. The molecule has 0 radical (unpaired) electrons. The lowest BCUT2D eigenvalue weighted by Crippen LogP contribution is -2.25. The van der Waals surface area contributed by atoms with Gasteiger partial charge in [-0.2, -0.15) is 5.10 Å². The molecule has 17 heavy (non-hydrogen) atoms. The van der Waals surface area contributed by atoms with E-state index in [1.807, 2.05) is 24.3 Å². The van der Waals surface area contributed by atoms with Gasteiger partial charge in [-0.25, -0.2) is 0 Å². The zero-order chi connectivity index (χ0) is 12.3. The number of benzene rings is 1. The highest BCUT2D eigenvalue weighted by Gasteiger charge is 2.12. The summed E-state index contributed by atoms with van der Waals surface area (Å²) in [7, 11) is 1.75. The summed E-state index contributed by atoms with van der Waals surface area (Å²) >= 11 is 0. The Bertz CT molecular complexity index is 507. The molecule has 0 aliphatic heterocycles. The number of carbonyl (C=O) groups is 1. The first-order chi connectivity index (χ1) is 8.16. The smallest absolute Gasteiger partial charge is 0.257 e. The van der Waals surface area contributed by atoms with Gasteiger partial charge in [-0.3, -0.25) is 9.89 Å². The Morgan fingerprint density at radius 1 is 1.53 bits per heavy atom. The number of H-pyrrole nitrogens is 1. The zero-order valence-corrected chi connectivity index (χ0v) is 9.55. The van der Waals surface area contributed by atoms with E-state index in [-0.39, 0.29) is 5.91 Å². The molecule has 1 aromatic heterocycles. The van der Waals surface area contributed by atoms with Crippen molar-refractivity contribution in [3.05, 3.63) is 47.8 Å². The maximum absolute atomic E-state index is 11.9. The number of hydrogen-bond donors (Lipinski definition) is 2.